The standard InChI is InChI=1S/C26H19BrF3N5O/c1-15-2-8-24(35(15)19-6-3-16(4-7-19)10-26-31-33-34-32-26)20-11-17(27)5-9-25(20)36-14-21-22(29)12-18(28)13-23(21)30/h2-9,11-13H,10,14H2,1H3,(H,31,32,33,34). The highest BCUT2D eigenvalue weighted by atomic mass is 79.9. The molecule has 0 amide bonds. The second-order valence-electron chi connectivity index (χ2n) is 8.14. The highest BCUT2D eigenvalue weighted by Crippen LogP contribution is 2.36. The summed E-state index contributed by atoms with van der Waals surface area (Å²) in [7, 11) is 0. The maximum Gasteiger partial charge on any atom is 0.178 e. The van der Waals surface area contributed by atoms with E-state index >= 15 is 0 Å². The molecule has 0 saturated heterocycles. The Morgan fingerprint density at radius 2 is 1.69 bits per heavy atom. The molecule has 10 heteroatoms. The fourth-order valence-electron chi connectivity index (χ4n) is 3.98. The molecule has 6 nitrogen and oxygen atoms in total. The molecule has 5 rings (SSSR count). The first-order valence-corrected chi connectivity index (χ1v) is 11.7. The molecule has 0 spiro atoms. The Balaban J connectivity index is 1.47. The van der Waals surface area contributed by atoms with Crippen LogP contribution in [0.25, 0.3) is 16.9 Å². The van der Waals surface area contributed by atoms with Gasteiger partial charge in [0.1, 0.15) is 29.8 Å². The molecular weight excluding hydrogens is 535 g/mol. The molecule has 0 aliphatic heterocycles. The highest BCUT2D eigenvalue weighted by molar-refractivity contribution is 9.10. The normalized spacial score (nSPS) is 11.1. The van der Waals surface area contributed by atoms with Gasteiger partial charge in [0.05, 0.1) is 11.3 Å². The van der Waals surface area contributed by atoms with E-state index in [-0.39, 0.29) is 5.56 Å². The molecule has 3 aromatic carbocycles. The molecule has 0 bridgehead atoms. The first-order chi connectivity index (χ1) is 17.4. The quantitative estimate of drug-likeness (QED) is 0.256. The van der Waals surface area contributed by atoms with Crippen LogP contribution in [-0.4, -0.2) is 25.2 Å². The molecule has 0 unspecified atom stereocenters. The minimum atomic E-state index is -0.994. The minimum absolute atomic E-state index is 0.339. The summed E-state index contributed by atoms with van der Waals surface area (Å²) in [6.45, 7) is 1.59. The third kappa shape index (κ3) is 4.90. The molecule has 0 aliphatic rings. The fourth-order valence-corrected chi connectivity index (χ4v) is 4.34. The number of aryl methyl sites for hydroxylation is 1. The number of nitrogens with one attached hydrogen (secondary N) is 1. The Labute approximate surface area is 212 Å². The Morgan fingerprint density at radius 1 is 0.944 bits per heavy atom. The van der Waals surface area contributed by atoms with E-state index in [0.29, 0.717) is 30.1 Å². The van der Waals surface area contributed by atoms with Gasteiger partial charge in [-0.2, -0.15) is 5.21 Å². The monoisotopic (exact) mass is 553 g/mol. The minimum Gasteiger partial charge on any atom is -0.488 e. The zero-order valence-electron chi connectivity index (χ0n) is 19.0. The number of aromatic amines is 1. The lowest BCUT2D eigenvalue weighted by Gasteiger charge is -2.17. The lowest BCUT2D eigenvalue weighted by Crippen LogP contribution is -2.05. The Morgan fingerprint density at radius 3 is 2.39 bits per heavy atom. The van der Waals surface area contributed by atoms with Crippen LogP contribution < -0.4 is 4.74 Å². The van der Waals surface area contributed by atoms with E-state index in [1.54, 1.807) is 12.1 Å². The van der Waals surface area contributed by atoms with Gasteiger partial charge in [-0.25, -0.2) is 13.2 Å². The van der Waals surface area contributed by atoms with Crippen molar-refractivity contribution < 1.29 is 17.9 Å². The summed E-state index contributed by atoms with van der Waals surface area (Å²) in [6.07, 6.45) is 0.550. The largest absolute Gasteiger partial charge is 0.488 e. The maximum atomic E-state index is 14.2. The topological polar surface area (TPSA) is 68.6 Å². The van der Waals surface area contributed by atoms with Crippen molar-refractivity contribution in [3.63, 3.8) is 0 Å². The molecule has 0 saturated carbocycles. The Kier molecular flexibility index (Phi) is 6.60. The zero-order chi connectivity index (χ0) is 25.2. The van der Waals surface area contributed by atoms with E-state index in [9.17, 15) is 13.2 Å². The SMILES string of the molecule is Cc1ccc(-c2cc(Br)ccc2OCc2c(F)cc(F)cc2F)n1-c1ccc(Cc2nn[nH]n2)cc1. The van der Waals surface area contributed by atoms with Crippen LogP contribution in [0.5, 0.6) is 5.75 Å². The van der Waals surface area contributed by atoms with Crippen LogP contribution in [0.4, 0.5) is 13.2 Å². The first-order valence-electron chi connectivity index (χ1n) is 10.9. The van der Waals surface area contributed by atoms with Gasteiger partial charge in [-0.3, -0.25) is 0 Å². The van der Waals surface area contributed by atoms with Gasteiger partial charge in [0.2, 0.25) is 0 Å². The summed E-state index contributed by atoms with van der Waals surface area (Å²) >= 11 is 3.50. The Hall–Kier alpha value is -3.92. The van der Waals surface area contributed by atoms with Gasteiger partial charge in [-0.05, 0) is 55.0 Å². The summed E-state index contributed by atoms with van der Waals surface area (Å²) in [5, 5.41) is 14.0. The lowest BCUT2D eigenvalue weighted by molar-refractivity contribution is 0.293. The summed E-state index contributed by atoms with van der Waals surface area (Å²) < 4.78 is 50.3. The van der Waals surface area contributed by atoms with Crippen LogP contribution in [-0.2, 0) is 13.0 Å². The number of nitrogens with zero attached hydrogens (tertiary/aromatic N) is 4. The van der Waals surface area contributed by atoms with Gasteiger partial charge in [-0.1, -0.05) is 33.3 Å². The molecule has 0 atom stereocenters. The second kappa shape index (κ2) is 9.98. The van der Waals surface area contributed by atoms with Crippen molar-refractivity contribution in [2.24, 2.45) is 0 Å². The number of aromatic nitrogens is 5. The van der Waals surface area contributed by atoms with E-state index in [2.05, 4.69) is 41.1 Å². The molecular formula is C26H19BrF3N5O. The average Bonchev–Trinajstić information content (AvgIpc) is 3.49. The smallest absolute Gasteiger partial charge is 0.178 e. The van der Waals surface area contributed by atoms with Crippen molar-refractivity contribution in [3.8, 4) is 22.7 Å². The summed E-state index contributed by atoms with van der Waals surface area (Å²) in [5.74, 6) is -1.94. The number of ether oxygens (including phenoxy) is 1. The van der Waals surface area contributed by atoms with E-state index in [1.807, 2.05) is 49.4 Å². The van der Waals surface area contributed by atoms with E-state index < -0.39 is 24.1 Å². The number of halogens is 4. The molecule has 2 heterocycles. The van der Waals surface area contributed by atoms with Crippen molar-refractivity contribution in [1.82, 2.24) is 25.2 Å². The van der Waals surface area contributed by atoms with Crippen molar-refractivity contribution >= 4 is 15.9 Å². The first kappa shape index (κ1) is 23.8. The molecule has 0 aliphatic carbocycles. The van der Waals surface area contributed by atoms with E-state index in [1.165, 1.54) is 0 Å². The zero-order valence-corrected chi connectivity index (χ0v) is 20.6. The lowest BCUT2D eigenvalue weighted by atomic mass is 10.1. The highest BCUT2D eigenvalue weighted by Gasteiger charge is 2.17. The number of benzene rings is 3. The van der Waals surface area contributed by atoms with Gasteiger partial charge in [0.15, 0.2) is 5.82 Å². The summed E-state index contributed by atoms with van der Waals surface area (Å²) in [6, 6.07) is 18.6. The van der Waals surface area contributed by atoms with Crippen LogP contribution in [0.1, 0.15) is 22.6 Å². The molecule has 36 heavy (non-hydrogen) atoms. The maximum absolute atomic E-state index is 14.2. The summed E-state index contributed by atoms with van der Waals surface area (Å²) in [4.78, 5) is 0. The predicted molar refractivity (Wildman–Crippen MR) is 131 cm³/mol. The van der Waals surface area contributed by atoms with Crippen LogP contribution in [0.3, 0.4) is 0 Å². The molecule has 2 aromatic heterocycles. The number of rotatable bonds is 7. The average molecular weight is 554 g/mol. The van der Waals surface area contributed by atoms with Gasteiger partial charge in [0.25, 0.3) is 0 Å². The van der Waals surface area contributed by atoms with E-state index in [4.69, 9.17) is 4.74 Å². The second-order valence-corrected chi connectivity index (χ2v) is 9.06. The van der Waals surface area contributed by atoms with E-state index in [0.717, 1.165) is 32.7 Å². The fraction of sp³-hybridized carbons (Fsp3) is 0.115. The van der Waals surface area contributed by atoms with Gasteiger partial charge in [-0.15, -0.1) is 10.2 Å². The Bertz CT molecular complexity index is 1490. The molecule has 1 N–H and O–H groups in total. The van der Waals surface area contributed by atoms with Crippen molar-refractivity contribution in [1.29, 1.82) is 0 Å². The van der Waals surface area contributed by atoms with Crippen molar-refractivity contribution in [2.75, 3.05) is 0 Å². The molecule has 5 aromatic rings. The summed E-state index contributed by atoms with van der Waals surface area (Å²) in [5.41, 5.74) is 4.14. The van der Waals surface area contributed by atoms with Crippen LogP contribution in [0, 0.1) is 24.4 Å². The van der Waals surface area contributed by atoms with Crippen LogP contribution in [0.15, 0.2) is 71.2 Å². The van der Waals surface area contributed by atoms with Crippen LogP contribution >= 0.6 is 15.9 Å². The van der Waals surface area contributed by atoms with Gasteiger partial charge in [0, 0.05) is 40.0 Å². The number of H-pyrrole nitrogens is 1. The third-order valence-corrected chi connectivity index (χ3v) is 6.21. The van der Waals surface area contributed by atoms with Crippen molar-refractivity contribution in [2.45, 2.75) is 20.0 Å². The number of tetrazole rings is 1. The van der Waals surface area contributed by atoms with Gasteiger partial charge >= 0.3 is 0 Å². The van der Waals surface area contributed by atoms with Gasteiger partial charge < -0.3 is 9.30 Å². The van der Waals surface area contributed by atoms with Crippen molar-refractivity contribution in [3.05, 3.63) is 111 Å². The number of hydrogen-bond donors (Lipinski definition) is 1. The molecule has 182 valence electrons. The molecule has 0 fully saturated rings. The molecule has 0 radical (unpaired) electrons. The number of hydrogen-bond acceptors (Lipinski definition) is 4. The third-order valence-electron chi connectivity index (χ3n) is 5.72. The predicted octanol–water partition coefficient (Wildman–Crippen LogP) is 6.32. The van der Waals surface area contributed by atoms with Crippen LogP contribution in [0.2, 0.25) is 0 Å².